The Kier molecular flexibility index (Phi) is 7.02. The van der Waals surface area contributed by atoms with Crippen LogP contribution in [0.3, 0.4) is 0 Å². The molecule has 0 aliphatic rings. The summed E-state index contributed by atoms with van der Waals surface area (Å²) in [5.41, 5.74) is 0.770. The van der Waals surface area contributed by atoms with E-state index in [4.69, 9.17) is 0 Å². The van der Waals surface area contributed by atoms with Crippen LogP contribution in [0, 0.1) is 17.0 Å². The predicted octanol–water partition coefficient (Wildman–Crippen LogP) is 1.45. The summed E-state index contributed by atoms with van der Waals surface area (Å²) in [5, 5.41) is 13.1. The lowest BCUT2D eigenvalue weighted by Crippen LogP contribution is -2.44. The Morgan fingerprint density at radius 2 is 1.69 bits per heavy atom. The fourth-order valence-electron chi connectivity index (χ4n) is 2.29. The van der Waals surface area contributed by atoms with Crippen molar-refractivity contribution in [3.05, 3.63) is 69.8 Å². The fourth-order valence-corrected chi connectivity index (χ4v) is 3.58. The summed E-state index contributed by atoms with van der Waals surface area (Å²) in [6.07, 6.45) is 0. The second-order valence-electron chi connectivity index (χ2n) is 5.97. The van der Waals surface area contributed by atoms with Gasteiger partial charge in [0.25, 0.3) is 11.6 Å². The van der Waals surface area contributed by atoms with Crippen LogP contribution in [0.25, 0.3) is 0 Å². The molecule has 0 bridgehead atoms. The SMILES string of the molecule is COC(=O)CN(CNC(=O)c1ccc([N+](=O)[O-])cc1)S(=O)(=O)c1ccc(C)cc1. The molecule has 2 aromatic rings. The van der Waals surface area contributed by atoms with Crippen molar-refractivity contribution in [1.82, 2.24) is 9.62 Å². The molecule has 0 aromatic heterocycles. The zero-order valence-electron chi connectivity index (χ0n) is 15.7. The van der Waals surface area contributed by atoms with E-state index >= 15 is 0 Å². The normalized spacial score (nSPS) is 11.1. The Labute approximate surface area is 167 Å². The first-order valence-electron chi connectivity index (χ1n) is 8.31. The van der Waals surface area contributed by atoms with Crippen molar-refractivity contribution in [2.75, 3.05) is 20.3 Å². The van der Waals surface area contributed by atoms with Crippen LogP contribution in [0.4, 0.5) is 5.69 Å². The number of rotatable bonds is 8. The number of nitrogens with zero attached hydrogens (tertiary/aromatic N) is 2. The zero-order valence-corrected chi connectivity index (χ0v) is 16.5. The van der Waals surface area contributed by atoms with Crippen LogP contribution in [0.2, 0.25) is 0 Å². The predicted molar refractivity (Wildman–Crippen MR) is 103 cm³/mol. The van der Waals surface area contributed by atoms with Gasteiger partial charge in [-0.2, -0.15) is 4.31 Å². The van der Waals surface area contributed by atoms with Crippen LogP contribution in [0.15, 0.2) is 53.4 Å². The maximum Gasteiger partial charge on any atom is 0.321 e. The Morgan fingerprint density at radius 1 is 1.10 bits per heavy atom. The molecule has 10 nitrogen and oxygen atoms in total. The van der Waals surface area contributed by atoms with E-state index in [0.29, 0.717) is 0 Å². The van der Waals surface area contributed by atoms with Gasteiger partial charge in [-0.05, 0) is 31.2 Å². The molecule has 2 aromatic carbocycles. The molecule has 154 valence electrons. The molecule has 0 aliphatic carbocycles. The molecule has 0 spiro atoms. The van der Waals surface area contributed by atoms with Gasteiger partial charge in [-0.15, -0.1) is 0 Å². The van der Waals surface area contributed by atoms with Crippen LogP contribution in [0.5, 0.6) is 0 Å². The van der Waals surface area contributed by atoms with Crippen LogP contribution in [-0.2, 0) is 19.6 Å². The molecule has 11 heteroatoms. The second kappa shape index (κ2) is 9.26. The summed E-state index contributed by atoms with van der Waals surface area (Å²) in [6, 6.07) is 10.8. The zero-order chi connectivity index (χ0) is 21.6. The van der Waals surface area contributed by atoms with Crippen molar-refractivity contribution in [2.45, 2.75) is 11.8 Å². The summed E-state index contributed by atoms with van der Waals surface area (Å²) in [7, 11) is -2.97. The molecule has 0 unspecified atom stereocenters. The van der Waals surface area contributed by atoms with E-state index in [2.05, 4.69) is 10.1 Å². The van der Waals surface area contributed by atoms with Crippen molar-refractivity contribution >= 4 is 27.6 Å². The first-order valence-corrected chi connectivity index (χ1v) is 9.75. The Balaban J connectivity index is 2.19. The van der Waals surface area contributed by atoms with E-state index in [1.54, 1.807) is 19.1 Å². The van der Waals surface area contributed by atoms with Gasteiger partial charge in [0.05, 0.1) is 23.6 Å². The van der Waals surface area contributed by atoms with E-state index < -0.39 is 40.0 Å². The average molecular weight is 421 g/mol. The van der Waals surface area contributed by atoms with Crippen molar-refractivity contribution in [3.63, 3.8) is 0 Å². The molecule has 0 radical (unpaired) electrons. The topological polar surface area (TPSA) is 136 Å². The van der Waals surface area contributed by atoms with E-state index in [0.717, 1.165) is 29.1 Å². The summed E-state index contributed by atoms with van der Waals surface area (Å²) in [5.74, 6) is -1.46. The number of aryl methyl sites for hydroxylation is 1. The van der Waals surface area contributed by atoms with Gasteiger partial charge in [-0.3, -0.25) is 19.7 Å². The van der Waals surface area contributed by atoms with Crippen molar-refractivity contribution < 1.29 is 27.7 Å². The minimum absolute atomic E-state index is 0.0448. The molecule has 0 saturated heterocycles. The number of amides is 1. The molecule has 0 heterocycles. The number of ether oxygens (including phenoxy) is 1. The Bertz CT molecular complexity index is 1000. The first kappa shape index (κ1) is 22.0. The second-order valence-corrected chi connectivity index (χ2v) is 7.91. The number of nitro benzene ring substituents is 1. The van der Waals surface area contributed by atoms with Gasteiger partial charge in [-0.1, -0.05) is 17.7 Å². The molecule has 0 fully saturated rings. The summed E-state index contributed by atoms with van der Waals surface area (Å²) >= 11 is 0. The fraction of sp³-hybridized carbons (Fsp3) is 0.222. The monoisotopic (exact) mass is 421 g/mol. The lowest BCUT2D eigenvalue weighted by atomic mass is 10.2. The highest BCUT2D eigenvalue weighted by Crippen LogP contribution is 2.16. The molecule has 0 atom stereocenters. The maximum absolute atomic E-state index is 12.9. The minimum atomic E-state index is -4.09. The van der Waals surface area contributed by atoms with E-state index in [-0.39, 0.29) is 16.1 Å². The van der Waals surface area contributed by atoms with Gasteiger partial charge in [-0.25, -0.2) is 8.42 Å². The quantitative estimate of drug-likeness (QED) is 0.295. The lowest BCUT2D eigenvalue weighted by Gasteiger charge is -2.21. The number of benzene rings is 2. The molecule has 29 heavy (non-hydrogen) atoms. The lowest BCUT2D eigenvalue weighted by molar-refractivity contribution is -0.384. The summed E-state index contributed by atoms with van der Waals surface area (Å²) in [4.78, 5) is 34.0. The Hall–Kier alpha value is -3.31. The van der Waals surface area contributed by atoms with E-state index in [1.807, 2.05) is 0 Å². The van der Waals surface area contributed by atoms with Crippen LogP contribution >= 0.6 is 0 Å². The largest absolute Gasteiger partial charge is 0.468 e. The molecular weight excluding hydrogens is 402 g/mol. The highest BCUT2D eigenvalue weighted by atomic mass is 32.2. The number of nitro groups is 1. The molecule has 0 aliphatic heterocycles. The molecule has 1 N–H and O–H groups in total. The first-order chi connectivity index (χ1) is 13.6. The molecule has 0 saturated carbocycles. The van der Waals surface area contributed by atoms with Gasteiger partial charge in [0.1, 0.15) is 6.54 Å². The smallest absolute Gasteiger partial charge is 0.321 e. The molecule has 1 amide bonds. The maximum atomic E-state index is 12.9. The number of non-ortho nitro benzene ring substituents is 1. The van der Waals surface area contributed by atoms with Gasteiger partial charge in [0.2, 0.25) is 10.0 Å². The summed E-state index contributed by atoms with van der Waals surface area (Å²) < 4.78 is 31.0. The minimum Gasteiger partial charge on any atom is -0.468 e. The number of sulfonamides is 1. The van der Waals surface area contributed by atoms with E-state index in [9.17, 15) is 28.1 Å². The number of hydrogen-bond acceptors (Lipinski definition) is 7. The standard InChI is InChI=1S/C18H19N3O7S/c1-13-3-9-16(10-4-13)29(26,27)20(11-17(22)28-2)12-19-18(23)14-5-7-15(8-6-14)21(24)25/h3-10H,11-12H2,1-2H3,(H,19,23). The number of hydrogen-bond donors (Lipinski definition) is 1. The highest BCUT2D eigenvalue weighted by molar-refractivity contribution is 7.89. The van der Waals surface area contributed by atoms with E-state index in [1.165, 1.54) is 24.3 Å². The van der Waals surface area contributed by atoms with Gasteiger partial charge < -0.3 is 10.1 Å². The molecular formula is C18H19N3O7S. The van der Waals surface area contributed by atoms with Crippen LogP contribution in [0.1, 0.15) is 15.9 Å². The summed E-state index contributed by atoms with van der Waals surface area (Å²) in [6.45, 7) is 0.696. The number of carbonyl (C=O) groups excluding carboxylic acids is 2. The van der Waals surface area contributed by atoms with Gasteiger partial charge in [0.15, 0.2) is 0 Å². The van der Waals surface area contributed by atoms with Crippen molar-refractivity contribution in [1.29, 1.82) is 0 Å². The van der Waals surface area contributed by atoms with Gasteiger partial charge in [0, 0.05) is 17.7 Å². The molecule has 2 rings (SSSR count). The number of methoxy groups -OCH3 is 1. The third kappa shape index (κ3) is 5.59. The number of esters is 1. The van der Waals surface area contributed by atoms with Crippen molar-refractivity contribution in [2.24, 2.45) is 0 Å². The highest BCUT2D eigenvalue weighted by Gasteiger charge is 2.27. The number of carbonyl (C=O) groups is 2. The number of nitrogens with one attached hydrogen (secondary N) is 1. The third-order valence-electron chi connectivity index (χ3n) is 3.95. The van der Waals surface area contributed by atoms with Crippen LogP contribution < -0.4 is 5.32 Å². The van der Waals surface area contributed by atoms with Gasteiger partial charge >= 0.3 is 5.97 Å². The Morgan fingerprint density at radius 3 is 2.21 bits per heavy atom. The third-order valence-corrected chi connectivity index (χ3v) is 5.75. The average Bonchev–Trinajstić information content (AvgIpc) is 2.70. The van der Waals surface area contributed by atoms with Crippen LogP contribution in [-0.4, -0.2) is 49.8 Å². The van der Waals surface area contributed by atoms with Crippen molar-refractivity contribution in [3.8, 4) is 0 Å².